The number of rotatable bonds is 4. The molecular formula is C13H16F3NO2. The summed E-state index contributed by atoms with van der Waals surface area (Å²) in [6.45, 7) is 3.45. The van der Waals surface area contributed by atoms with Gasteiger partial charge >= 0.3 is 12.1 Å². The molecule has 0 heterocycles. The molecular weight excluding hydrogens is 259 g/mol. The lowest BCUT2D eigenvalue weighted by Crippen LogP contribution is -2.36. The van der Waals surface area contributed by atoms with Gasteiger partial charge in [-0.1, -0.05) is 26.0 Å². The molecule has 0 amide bonds. The average molecular weight is 275 g/mol. The summed E-state index contributed by atoms with van der Waals surface area (Å²) in [5, 5.41) is 2.61. The Bertz CT molecular complexity index is 444. The molecule has 1 N–H and O–H groups in total. The lowest BCUT2D eigenvalue weighted by atomic mass is 10.0. The zero-order valence-corrected chi connectivity index (χ0v) is 10.9. The number of para-hydroxylation sites is 1. The summed E-state index contributed by atoms with van der Waals surface area (Å²) in [7, 11) is 1.20. The third-order valence-corrected chi connectivity index (χ3v) is 2.67. The number of methoxy groups -OCH3 is 1. The quantitative estimate of drug-likeness (QED) is 0.857. The number of carbonyl (C=O) groups is 1. The van der Waals surface area contributed by atoms with Crippen molar-refractivity contribution in [1.82, 2.24) is 0 Å². The molecule has 6 heteroatoms. The smallest absolute Gasteiger partial charge is 0.418 e. The van der Waals surface area contributed by atoms with E-state index in [2.05, 4.69) is 10.1 Å². The predicted molar refractivity (Wildman–Crippen MR) is 65.7 cm³/mol. The van der Waals surface area contributed by atoms with E-state index in [-0.39, 0.29) is 11.6 Å². The van der Waals surface area contributed by atoms with E-state index in [9.17, 15) is 18.0 Å². The molecule has 0 aliphatic heterocycles. The van der Waals surface area contributed by atoms with Crippen LogP contribution in [-0.2, 0) is 15.7 Å². The maximum Gasteiger partial charge on any atom is 0.418 e. The summed E-state index contributed by atoms with van der Waals surface area (Å²) in [4.78, 5) is 11.6. The van der Waals surface area contributed by atoms with E-state index in [4.69, 9.17) is 0 Å². The van der Waals surface area contributed by atoms with Crippen LogP contribution >= 0.6 is 0 Å². The number of esters is 1. The van der Waals surface area contributed by atoms with E-state index in [0.29, 0.717) is 0 Å². The molecule has 0 saturated carbocycles. The van der Waals surface area contributed by atoms with Crippen molar-refractivity contribution in [3.05, 3.63) is 29.8 Å². The SMILES string of the molecule is COC(=O)C(Nc1ccccc1C(F)(F)F)C(C)C. The molecule has 106 valence electrons. The van der Waals surface area contributed by atoms with Crippen molar-refractivity contribution in [2.24, 2.45) is 5.92 Å². The Kier molecular flexibility index (Phi) is 4.80. The number of hydrogen-bond acceptors (Lipinski definition) is 3. The van der Waals surface area contributed by atoms with E-state index >= 15 is 0 Å². The molecule has 19 heavy (non-hydrogen) atoms. The molecule has 0 aliphatic carbocycles. The molecule has 1 atom stereocenters. The zero-order valence-electron chi connectivity index (χ0n) is 10.9. The van der Waals surface area contributed by atoms with Crippen LogP contribution in [0, 0.1) is 5.92 Å². The first-order chi connectivity index (χ1) is 8.77. The topological polar surface area (TPSA) is 38.3 Å². The van der Waals surface area contributed by atoms with Crippen LogP contribution < -0.4 is 5.32 Å². The van der Waals surface area contributed by atoms with Crippen LogP contribution in [0.15, 0.2) is 24.3 Å². The highest BCUT2D eigenvalue weighted by molar-refractivity contribution is 5.80. The third-order valence-electron chi connectivity index (χ3n) is 2.67. The van der Waals surface area contributed by atoms with Crippen molar-refractivity contribution >= 4 is 11.7 Å². The van der Waals surface area contributed by atoms with Gasteiger partial charge in [0.1, 0.15) is 6.04 Å². The highest BCUT2D eigenvalue weighted by Crippen LogP contribution is 2.35. The van der Waals surface area contributed by atoms with Gasteiger partial charge in [0.2, 0.25) is 0 Å². The fraction of sp³-hybridized carbons (Fsp3) is 0.462. The van der Waals surface area contributed by atoms with Crippen LogP contribution in [0.25, 0.3) is 0 Å². The fourth-order valence-corrected chi connectivity index (χ4v) is 1.65. The molecule has 0 bridgehead atoms. The number of carbonyl (C=O) groups excluding carboxylic acids is 1. The number of nitrogens with one attached hydrogen (secondary N) is 1. The molecule has 0 fully saturated rings. The first kappa shape index (κ1) is 15.3. The van der Waals surface area contributed by atoms with Gasteiger partial charge in [-0.2, -0.15) is 13.2 Å². The molecule has 0 aliphatic rings. The largest absolute Gasteiger partial charge is 0.467 e. The van der Waals surface area contributed by atoms with Crippen LogP contribution in [0.2, 0.25) is 0 Å². The van der Waals surface area contributed by atoms with Gasteiger partial charge in [-0.15, -0.1) is 0 Å². The van der Waals surface area contributed by atoms with E-state index in [1.165, 1.54) is 25.3 Å². The van der Waals surface area contributed by atoms with Crippen LogP contribution in [-0.4, -0.2) is 19.1 Å². The lowest BCUT2D eigenvalue weighted by Gasteiger charge is -2.23. The second kappa shape index (κ2) is 5.95. The highest BCUT2D eigenvalue weighted by atomic mass is 19.4. The summed E-state index contributed by atoms with van der Waals surface area (Å²) in [6, 6.07) is 4.22. The minimum atomic E-state index is -4.47. The Hall–Kier alpha value is -1.72. The highest BCUT2D eigenvalue weighted by Gasteiger charge is 2.34. The van der Waals surface area contributed by atoms with Gasteiger partial charge in [0, 0.05) is 5.69 Å². The first-order valence-electron chi connectivity index (χ1n) is 5.78. The molecule has 1 rings (SSSR count). The van der Waals surface area contributed by atoms with Crippen LogP contribution in [0.5, 0.6) is 0 Å². The summed E-state index contributed by atoms with van der Waals surface area (Å²) in [5.41, 5.74) is -0.927. The van der Waals surface area contributed by atoms with E-state index in [1.54, 1.807) is 13.8 Å². The summed E-state index contributed by atoms with van der Waals surface area (Å²) in [5.74, 6) is -0.791. The van der Waals surface area contributed by atoms with Crippen molar-refractivity contribution in [2.75, 3.05) is 12.4 Å². The number of benzene rings is 1. The second-order valence-electron chi connectivity index (χ2n) is 4.43. The van der Waals surface area contributed by atoms with Crippen molar-refractivity contribution in [3.63, 3.8) is 0 Å². The summed E-state index contributed by atoms with van der Waals surface area (Å²) in [6.07, 6.45) is -4.47. The van der Waals surface area contributed by atoms with Crippen molar-refractivity contribution < 1.29 is 22.7 Å². The lowest BCUT2D eigenvalue weighted by molar-refractivity contribution is -0.143. The van der Waals surface area contributed by atoms with Gasteiger partial charge in [-0.05, 0) is 18.1 Å². The predicted octanol–water partition coefficient (Wildman–Crippen LogP) is 3.31. The zero-order chi connectivity index (χ0) is 14.6. The van der Waals surface area contributed by atoms with Gasteiger partial charge in [0.05, 0.1) is 12.7 Å². The summed E-state index contributed by atoms with van der Waals surface area (Å²) < 4.78 is 43.1. The molecule has 1 aromatic carbocycles. The fourth-order valence-electron chi connectivity index (χ4n) is 1.65. The Morgan fingerprint density at radius 3 is 2.32 bits per heavy atom. The Labute approximate surface area is 109 Å². The minimum Gasteiger partial charge on any atom is -0.467 e. The normalized spacial score (nSPS) is 13.2. The number of alkyl halides is 3. The Morgan fingerprint density at radius 2 is 1.84 bits per heavy atom. The molecule has 0 saturated heterocycles. The maximum absolute atomic E-state index is 12.8. The Morgan fingerprint density at radius 1 is 1.26 bits per heavy atom. The van der Waals surface area contributed by atoms with Gasteiger partial charge in [-0.3, -0.25) is 0 Å². The molecule has 0 aromatic heterocycles. The van der Waals surface area contributed by atoms with Gasteiger partial charge in [0.25, 0.3) is 0 Å². The number of ether oxygens (including phenoxy) is 1. The number of hydrogen-bond donors (Lipinski definition) is 1. The molecule has 1 aromatic rings. The number of anilines is 1. The van der Waals surface area contributed by atoms with Crippen molar-refractivity contribution in [1.29, 1.82) is 0 Å². The molecule has 0 radical (unpaired) electrons. The molecule has 0 spiro atoms. The van der Waals surface area contributed by atoms with E-state index in [1.807, 2.05) is 0 Å². The van der Waals surface area contributed by atoms with E-state index in [0.717, 1.165) is 6.07 Å². The van der Waals surface area contributed by atoms with Crippen LogP contribution in [0.3, 0.4) is 0 Å². The van der Waals surface area contributed by atoms with Gasteiger partial charge < -0.3 is 10.1 Å². The van der Waals surface area contributed by atoms with Gasteiger partial charge in [0.15, 0.2) is 0 Å². The van der Waals surface area contributed by atoms with Crippen LogP contribution in [0.4, 0.5) is 18.9 Å². The van der Waals surface area contributed by atoms with E-state index < -0.39 is 23.8 Å². The van der Waals surface area contributed by atoms with Crippen molar-refractivity contribution in [3.8, 4) is 0 Å². The van der Waals surface area contributed by atoms with Gasteiger partial charge in [-0.25, -0.2) is 4.79 Å². The standard InChI is InChI=1S/C13H16F3NO2/c1-8(2)11(12(18)19-3)17-10-7-5-4-6-9(10)13(14,15)16/h4-8,11,17H,1-3H3. The average Bonchev–Trinajstić information content (AvgIpc) is 2.34. The van der Waals surface area contributed by atoms with Crippen LogP contribution in [0.1, 0.15) is 19.4 Å². The maximum atomic E-state index is 12.8. The molecule has 3 nitrogen and oxygen atoms in total. The minimum absolute atomic E-state index is 0.126. The third kappa shape index (κ3) is 3.87. The van der Waals surface area contributed by atoms with Crippen molar-refractivity contribution in [2.45, 2.75) is 26.1 Å². The summed E-state index contributed by atoms with van der Waals surface area (Å²) >= 11 is 0. The monoisotopic (exact) mass is 275 g/mol. The Balaban J connectivity index is 3.07. The number of halogens is 3. The first-order valence-corrected chi connectivity index (χ1v) is 5.78. The second-order valence-corrected chi connectivity index (χ2v) is 4.43. The molecule has 1 unspecified atom stereocenters.